The number of nitrogens with zero attached hydrogens (tertiary/aromatic N) is 2. The lowest BCUT2D eigenvalue weighted by Crippen LogP contribution is -2.34. The molecule has 0 saturated carbocycles. The standard InChI is InChI=1S/C17H27N2O/c1-12(2)16(10-20)18-6-7-19(11-18)17-14(4)8-13(3)9-15(17)5/h8-9,11-12,16,20H,6-7,10H2,1-5H3/q+1. The molecule has 110 valence electrons. The second-order valence-corrected chi connectivity index (χ2v) is 6.29. The molecule has 3 nitrogen and oxygen atoms in total. The van der Waals surface area contributed by atoms with E-state index in [0.717, 1.165) is 13.1 Å². The fourth-order valence-electron chi connectivity index (χ4n) is 3.26. The van der Waals surface area contributed by atoms with Crippen molar-refractivity contribution in [3.63, 3.8) is 0 Å². The van der Waals surface area contributed by atoms with E-state index in [1.165, 1.54) is 22.4 Å². The molecule has 0 amide bonds. The number of aryl methyl sites for hydroxylation is 3. The van der Waals surface area contributed by atoms with Gasteiger partial charge >= 0.3 is 0 Å². The minimum absolute atomic E-state index is 0.214. The zero-order valence-corrected chi connectivity index (χ0v) is 13.3. The first-order valence-electron chi connectivity index (χ1n) is 7.50. The molecule has 0 spiro atoms. The fraction of sp³-hybridized carbons (Fsp3) is 0.588. The predicted molar refractivity (Wildman–Crippen MR) is 84.9 cm³/mol. The summed E-state index contributed by atoms with van der Waals surface area (Å²) in [6, 6.07) is 4.70. The number of rotatable bonds is 4. The summed E-state index contributed by atoms with van der Waals surface area (Å²) in [6.45, 7) is 13.0. The van der Waals surface area contributed by atoms with E-state index < -0.39 is 0 Å². The molecule has 3 heteroatoms. The first kappa shape index (κ1) is 15.0. The van der Waals surface area contributed by atoms with E-state index in [2.05, 4.69) is 62.6 Å². The summed E-state index contributed by atoms with van der Waals surface area (Å²) in [5, 5.41) is 9.58. The minimum Gasteiger partial charge on any atom is -0.392 e. The van der Waals surface area contributed by atoms with Gasteiger partial charge in [0.1, 0.15) is 24.8 Å². The molecule has 1 atom stereocenters. The van der Waals surface area contributed by atoms with E-state index in [1.54, 1.807) is 0 Å². The Morgan fingerprint density at radius 2 is 1.80 bits per heavy atom. The van der Waals surface area contributed by atoms with E-state index in [-0.39, 0.29) is 12.6 Å². The zero-order valence-electron chi connectivity index (χ0n) is 13.3. The number of anilines is 1. The summed E-state index contributed by atoms with van der Waals surface area (Å²) in [7, 11) is 0. The fourth-order valence-corrected chi connectivity index (χ4v) is 3.26. The van der Waals surface area contributed by atoms with E-state index >= 15 is 0 Å². The van der Waals surface area contributed by atoms with Crippen LogP contribution in [0.4, 0.5) is 5.69 Å². The van der Waals surface area contributed by atoms with Crippen molar-refractivity contribution in [3.8, 4) is 0 Å². The van der Waals surface area contributed by atoms with Crippen molar-refractivity contribution in [2.24, 2.45) is 5.92 Å². The van der Waals surface area contributed by atoms with E-state index in [4.69, 9.17) is 0 Å². The third-order valence-corrected chi connectivity index (χ3v) is 4.19. The molecule has 1 aliphatic heterocycles. The van der Waals surface area contributed by atoms with Gasteiger partial charge in [0.05, 0.1) is 6.61 Å². The Kier molecular flexibility index (Phi) is 4.48. The van der Waals surface area contributed by atoms with E-state index in [0.29, 0.717) is 5.92 Å². The molecular weight excluding hydrogens is 248 g/mol. The summed E-state index contributed by atoms with van der Waals surface area (Å²) in [5.74, 6) is 0.455. The van der Waals surface area contributed by atoms with Gasteiger partial charge in [-0.25, -0.2) is 4.90 Å². The number of aliphatic hydroxyl groups excluding tert-OH is 1. The summed E-state index contributed by atoms with van der Waals surface area (Å²) >= 11 is 0. The maximum atomic E-state index is 9.58. The van der Waals surface area contributed by atoms with Crippen molar-refractivity contribution in [1.29, 1.82) is 0 Å². The molecule has 1 aromatic carbocycles. The van der Waals surface area contributed by atoms with Gasteiger partial charge in [-0.15, -0.1) is 0 Å². The van der Waals surface area contributed by atoms with Gasteiger partial charge in [-0.05, 0) is 37.8 Å². The first-order chi connectivity index (χ1) is 9.43. The molecule has 1 heterocycles. The summed E-state index contributed by atoms with van der Waals surface area (Å²) in [6.07, 6.45) is 2.19. The van der Waals surface area contributed by atoms with Crippen molar-refractivity contribution in [1.82, 2.24) is 0 Å². The molecule has 1 unspecified atom stereocenters. The van der Waals surface area contributed by atoms with Gasteiger partial charge < -0.3 is 5.11 Å². The number of hydrogen-bond acceptors (Lipinski definition) is 2. The normalized spacial score (nSPS) is 16.8. The molecule has 0 radical (unpaired) electrons. The molecule has 0 bridgehead atoms. The summed E-state index contributed by atoms with van der Waals surface area (Å²) in [5.41, 5.74) is 5.28. The average molecular weight is 275 g/mol. The Labute approximate surface area is 122 Å². The largest absolute Gasteiger partial charge is 0.392 e. The lowest BCUT2D eigenvalue weighted by Gasteiger charge is -2.17. The number of hydrogen-bond donors (Lipinski definition) is 1. The van der Waals surface area contributed by atoms with Gasteiger partial charge in [-0.3, -0.25) is 4.58 Å². The van der Waals surface area contributed by atoms with Crippen molar-refractivity contribution >= 4 is 12.0 Å². The Hall–Kier alpha value is -1.35. The Balaban J connectivity index is 2.31. The maximum Gasteiger partial charge on any atom is 0.239 e. The molecule has 0 saturated heterocycles. The van der Waals surface area contributed by atoms with E-state index in [9.17, 15) is 5.11 Å². The zero-order chi connectivity index (χ0) is 14.9. The highest BCUT2D eigenvalue weighted by atomic mass is 16.3. The molecule has 1 N–H and O–H groups in total. The second kappa shape index (κ2) is 5.96. The highest BCUT2D eigenvalue weighted by molar-refractivity contribution is 5.81. The van der Waals surface area contributed by atoms with Crippen LogP contribution >= 0.6 is 0 Å². The summed E-state index contributed by atoms with van der Waals surface area (Å²) < 4.78 is 2.28. The van der Waals surface area contributed by atoms with Crippen LogP contribution in [0.2, 0.25) is 0 Å². The van der Waals surface area contributed by atoms with Gasteiger partial charge in [0.15, 0.2) is 0 Å². The highest BCUT2D eigenvalue weighted by Gasteiger charge is 2.29. The minimum atomic E-state index is 0.214. The van der Waals surface area contributed by atoms with Crippen LogP contribution in [-0.4, -0.2) is 41.8 Å². The van der Waals surface area contributed by atoms with Crippen molar-refractivity contribution in [2.75, 3.05) is 24.6 Å². The molecule has 0 aliphatic carbocycles. The van der Waals surface area contributed by atoms with E-state index in [1.807, 2.05) is 0 Å². The number of benzene rings is 1. The summed E-state index contributed by atoms with van der Waals surface area (Å²) in [4.78, 5) is 2.33. The lowest BCUT2D eigenvalue weighted by molar-refractivity contribution is -0.563. The molecule has 20 heavy (non-hydrogen) atoms. The van der Waals surface area contributed by atoms with Crippen LogP contribution in [0.3, 0.4) is 0 Å². The smallest absolute Gasteiger partial charge is 0.239 e. The Morgan fingerprint density at radius 1 is 1.20 bits per heavy atom. The second-order valence-electron chi connectivity index (χ2n) is 6.29. The quantitative estimate of drug-likeness (QED) is 0.855. The van der Waals surface area contributed by atoms with Gasteiger partial charge in [0.25, 0.3) is 0 Å². The van der Waals surface area contributed by atoms with Gasteiger partial charge in [-0.2, -0.15) is 0 Å². The highest BCUT2D eigenvalue weighted by Crippen LogP contribution is 2.26. The molecule has 1 aliphatic rings. The number of aliphatic hydroxyl groups is 1. The third-order valence-electron chi connectivity index (χ3n) is 4.19. The molecule has 0 aromatic heterocycles. The Morgan fingerprint density at radius 3 is 2.30 bits per heavy atom. The van der Waals surface area contributed by atoms with Crippen molar-refractivity contribution in [3.05, 3.63) is 28.8 Å². The predicted octanol–water partition coefficient (Wildman–Crippen LogP) is 2.49. The Bertz CT molecular complexity index is 497. The van der Waals surface area contributed by atoms with Crippen LogP contribution in [0.25, 0.3) is 0 Å². The van der Waals surface area contributed by atoms with Crippen molar-refractivity contribution in [2.45, 2.75) is 40.7 Å². The third kappa shape index (κ3) is 2.88. The van der Waals surface area contributed by atoms with Crippen LogP contribution < -0.4 is 4.90 Å². The monoisotopic (exact) mass is 275 g/mol. The topological polar surface area (TPSA) is 26.5 Å². The first-order valence-corrected chi connectivity index (χ1v) is 7.50. The van der Waals surface area contributed by atoms with Gasteiger partial charge in [0.2, 0.25) is 6.34 Å². The van der Waals surface area contributed by atoms with Crippen LogP contribution in [0.15, 0.2) is 12.1 Å². The van der Waals surface area contributed by atoms with Crippen molar-refractivity contribution < 1.29 is 9.68 Å². The molecule has 1 aromatic rings. The van der Waals surface area contributed by atoms with Gasteiger partial charge in [-0.1, -0.05) is 31.5 Å². The van der Waals surface area contributed by atoms with Crippen LogP contribution in [0.1, 0.15) is 30.5 Å². The molecule has 0 fully saturated rings. The maximum absolute atomic E-state index is 9.58. The van der Waals surface area contributed by atoms with Crippen LogP contribution in [0.5, 0.6) is 0 Å². The van der Waals surface area contributed by atoms with Gasteiger partial charge in [0, 0.05) is 0 Å². The average Bonchev–Trinajstić information content (AvgIpc) is 2.77. The lowest BCUT2D eigenvalue weighted by atomic mass is 10.0. The molecular formula is C17H27N2O+. The van der Waals surface area contributed by atoms with Crippen LogP contribution in [0, 0.1) is 26.7 Å². The SMILES string of the molecule is Cc1cc(C)c(N2C=[N+](C(CO)C(C)C)CC2)c(C)c1. The molecule has 2 rings (SSSR count). The van der Waals surface area contributed by atoms with Crippen LogP contribution in [-0.2, 0) is 0 Å².